The van der Waals surface area contributed by atoms with Crippen molar-refractivity contribution in [1.82, 2.24) is 0 Å². The van der Waals surface area contributed by atoms with Crippen LogP contribution in [-0.2, 0) is 28.6 Å². The molecule has 0 aliphatic rings. The molecule has 0 aliphatic heterocycles. The molecule has 0 rings (SSSR count). The summed E-state index contributed by atoms with van der Waals surface area (Å²) >= 11 is 0. The van der Waals surface area contributed by atoms with Crippen molar-refractivity contribution >= 4 is 17.9 Å². The minimum absolute atomic E-state index is 0.0803. The number of hydrogen-bond donors (Lipinski definition) is 0. The molecular weight excluding hydrogens is 925 g/mol. The number of allylic oxidation sites excluding steroid dienone is 12. The van der Waals surface area contributed by atoms with E-state index < -0.39 is 6.10 Å². The predicted octanol–water partition coefficient (Wildman–Crippen LogP) is 22.1. The molecule has 0 fully saturated rings. The number of rotatable bonds is 59. The minimum Gasteiger partial charge on any atom is -0.462 e. The SMILES string of the molecule is CC/C=C\C/C=C\C/C=C\C/C=C\CCCCCCCCCCC(=O)OCC(COC(=O)CCCCCCCCC/C=C\CCCCCCCCC)OC(=O)CCCCCCCCC/C=C\CCCCCCCCC. The van der Waals surface area contributed by atoms with Gasteiger partial charge in [-0.2, -0.15) is 0 Å². The van der Waals surface area contributed by atoms with E-state index in [0.29, 0.717) is 19.3 Å². The van der Waals surface area contributed by atoms with Crippen LogP contribution in [0.5, 0.6) is 0 Å². The van der Waals surface area contributed by atoms with Crippen molar-refractivity contribution in [3.63, 3.8) is 0 Å². The van der Waals surface area contributed by atoms with Gasteiger partial charge < -0.3 is 14.2 Å². The lowest BCUT2D eigenvalue weighted by Crippen LogP contribution is -2.30. The molecule has 0 N–H and O–H groups in total. The predicted molar refractivity (Wildman–Crippen MR) is 325 cm³/mol. The lowest BCUT2D eigenvalue weighted by molar-refractivity contribution is -0.167. The van der Waals surface area contributed by atoms with Gasteiger partial charge in [0.15, 0.2) is 6.10 Å². The molecule has 0 aromatic heterocycles. The Bertz CT molecular complexity index is 1390. The Balaban J connectivity index is 4.39. The summed E-state index contributed by atoms with van der Waals surface area (Å²) in [6.07, 6.45) is 81.8. The van der Waals surface area contributed by atoms with Crippen LogP contribution in [0, 0.1) is 0 Å². The molecule has 0 radical (unpaired) electrons. The van der Waals surface area contributed by atoms with Gasteiger partial charge in [0, 0.05) is 19.3 Å². The molecule has 1 atom stereocenters. The molecule has 0 amide bonds. The van der Waals surface area contributed by atoms with Crippen LogP contribution in [0.1, 0.15) is 329 Å². The maximum atomic E-state index is 12.9. The molecule has 0 spiro atoms. The number of carbonyl (C=O) groups excluding carboxylic acids is 3. The second kappa shape index (κ2) is 63.4. The highest BCUT2D eigenvalue weighted by Gasteiger charge is 2.19. The van der Waals surface area contributed by atoms with Crippen LogP contribution in [-0.4, -0.2) is 37.2 Å². The molecule has 434 valence electrons. The van der Waals surface area contributed by atoms with Crippen molar-refractivity contribution in [2.45, 2.75) is 335 Å². The smallest absolute Gasteiger partial charge is 0.306 e. The second-order valence-electron chi connectivity index (χ2n) is 21.6. The lowest BCUT2D eigenvalue weighted by Gasteiger charge is -2.18. The van der Waals surface area contributed by atoms with E-state index in [-0.39, 0.29) is 31.1 Å². The van der Waals surface area contributed by atoms with Gasteiger partial charge in [-0.3, -0.25) is 14.4 Å². The van der Waals surface area contributed by atoms with Crippen LogP contribution in [0.25, 0.3) is 0 Å². The summed E-state index contributed by atoms with van der Waals surface area (Å²) in [5.74, 6) is -0.881. The third-order valence-corrected chi connectivity index (χ3v) is 14.2. The molecule has 0 aromatic carbocycles. The average molecular weight is 1050 g/mol. The first-order valence-electron chi connectivity index (χ1n) is 32.4. The highest BCUT2D eigenvalue weighted by atomic mass is 16.6. The van der Waals surface area contributed by atoms with Gasteiger partial charge in [-0.25, -0.2) is 0 Å². The van der Waals surface area contributed by atoms with Crippen molar-refractivity contribution in [3.8, 4) is 0 Å². The number of carbonyl (C=O) groups is 3. The van der Waals surface area contributed by atoms with E-state index in [1.165, 1.54) is 199 Å². The molecule has 0 heterocycles. The molecule has 6 heteroatoms. The van der Waals surface area contributed by atoms with Crippen LogP contribution in [0.15, 0.2) is 72.9 Å². The Morgan fingerprint density at radius 1 is 0.280 bits per heavy atom. The quantitative estimate of drug-likeness (QED) is 0.0261. The summed E-state index contributed by atoms with van der Waals surface area (Å²) in [6, 6.07) is 0. The van der Waals surface area contributed by atoms with Crippen LogP contribution < -0.4 is 0 Å². The van der Waals surface area contributed by atoms with Crippen LogP contribution in [0.2, 0.25) is 0 Å². The maximum absolute atomic E-state index is 12.9. The first-order chi connectivity index (χ1) is 37.0. The second-order valence-corrected chi connectivity index (χ2v) is 21.6. The van der Waals surface area contributed by atoms with Gasteiger partial charge in [0.25, 0.3) is 0 Å². The molecule has 0 saturated carbocycles. The summed E-state index contributed by atoms with van der Waals surface area (Å²) in [4.78, 5) is 38.4. The fraction of sp³-hybridized carbons (Fsp3) is 0.783. The van der Waals surface area contributed by atoms with Crippen molar-refractivity contribution in [3.05, 3.63) is 72.9 Å². The molecular formula is C69H122O6. The minimum atomic E-state index is -0.784. The summed E-state index contributed by atoms with van der Waals surface area (Å²) in [6.45, 7) is 6.55. The Hall–Kier alpha value is -3.15. The summed E-state index contributed by atoms with van der Waals surface area (Å²) in [5, 5.41) is 0. The van der Waals surface area contributed by atoms with Crippen molar-refractivity contribution in [2.24, 2.45) is 0 Å². The van der Waals surface area contributed by atoms with E-state index in [1.807, 2.05) is 0 Å². The number of unbranched alkanes of at least 4 members (excludes halogenated alkanes) is 36. The fourth-order valence-electron chi connectivity index (χ4n) is 9.31. The van der Waals surface area contributed by atoms with Gasteiger partial charge in [-0.05, 0) is 109 Å². The molecule has 0 aliphatic carbocycles. The van der Waals surface area contributed by atoms with E-state index in [0.717, 1.165) is 89.9 Å². The molecule has 0 saturated heterocycles. The Kier molecular flexibility index (Phi) is 60.7. The Morgan fingerprint density at radius 2 is 0.520 bits per heavy atom. The largest absolute Gasteiger partial charge is 0.462 e. The van der Waals surface area contributed by atoms with Gasteiger partial charge in [0.05, 0.1) is 0 Å². The van der Waals surface area contributed by atoms with Crippen molar-refractivity contribution in [2.75, 3.05) is 13.2 Å². The first kappa shape index (κ1) is 71.8. The fourth-order valence-corrected chi connectivity index (χ4v) is 9.31. The van der Waals surface area contributed by atoms with E-state index in [1.54, 1.807) is 0 Å². The van der Waals surface area contributed by atoms with Gasteiger partial charge in [-0.15, -0.1) is 0 Å². The topological polar surface area (TPSA) is 78.9 Å². The Morgan fingerprint density at radius 3 is 0.827 bits per heavy atom. The lowest BCUT2D eigenvalue weighted by atomic mass is 10.1. The maximum Gasteiger partial charge on any atom is 0.306 e. The van der Waals surface area contributed by atoms with Crippen LogP contribution in [0.4, 0.5) is 0 Å². The first-order valence-corrected chi connectivity index (χ1v) is 32.4. The standard InChI is InChI=1S/C69H122O6/c1-4-7-10-13-16-19-22-25-28-31-34-35-36-39-41-44-47-50-53-56-59-62-68(71)74-65-66(75-69(72)63-60-57-54-51-48-45-42-38-33-30-27-24-21-18-15-12-9-6-3)64-73-67(70)61-58-55-52-49-46-43-40-37-32-29-26-23-20-17-14-11-8-5-2/h7,10,16,19,25,28-30,32-35,66H,4-6,8-9,11-15,17-18,20-24,26-27,31,36-65H2,1-3H3/b10-7-,19-16-,28-25-,32-29-,33-30-,35-34-. The van der Waals surface area contributed by atoms with Crippen molar-refractivity contribution < 1.29 is 28.6 Å². The highest BCUT2D eigenvalue weighted by molar-refractivity contribution is 5.71. The zero-order chi connectivity index (χ0) is 54.3. The van der Waals surface area contributed by atoms with E-state index in [4.69, 9.17) is 14.2 Å². The van der Waals surface area contributed by atoms with Gasteiger partial charge in [0.1, 0.15) is 13.2 Å². The zero-order valence-electron chi connectivity index (χ0n) is 49.8. The third kappa shape index (κ3) is 61.6. The van der Waals surface area contributed by atoms with E-state index in [9.17, 15) is 14.4 Å². The van der Waals surface area contributed by atoms with E-state index >= 15 is 0 Å². The zero-order valence-corrected chi connectivity index (χ0v) is 49.8. The molecule has 6 nitrogen and oxygen atoms in total. The molecule has 75 heavy (non-hydrogen) atoms. The van der Waals surface area contributed by atoms with Gasteiger partial charge >= 0.3 is 17.9 Å². The normalized spacial score (nSPS) is 12.5. The monoisotopic (exact) mass is 1050 g/mol. The highest BCUT2D eigenvalue weighted by Crippen LogP contribution is 2.16. The third-order valence-electron chi connectivity index (χ3n) is 14.2. The molecule has 0 aromatic rings. The Labute approximate surface area is 465 Å². The van der Waals surface area contributed by atoms with Gasteiger partial charge in [0.2, 0.25) is 0 Å². The van der Waals surface area contributed by atoms with Crippen LogP contribution in [0.3, 0.4) is 0 Å². The summed E-state index contributed by atoms with van der Waals surface area (Å²) in [5.41, 5.74) is 0. The number of esters is 3. The number of hydrogen-bond acceptors (Lipinski definition) is 6. The number of ether oxygens (including phenoxy) is 3. The van der Waals surface area contributed by atoms with Crippen molar-refractivity contribution in [1.29, 1.82) is 0 Å². The van der Waals surface area contributed by atoms with Crippen LogP contribution >= 0.6 is 0 Å². The summed E-state index contributed by atoms with van der Waals surface area (Å²) in [7, 11) is 0. The summed E-state index contributed by atoms with van der Waals surface area (Å²) < 4.78 is 17.0. The molecule has 1 unspecified atom stereocenters. The van der Waals surface area contributed by atoms with Gasteiger partial charge in [-0.1, -0.05) is 273 Å². The van der Waals surface area contributed by atoms with E-state index in [2.05, 4.69) is 93.7 Å². The average Bonchev–Trinajstić information content (AvgIpc) is 3.41. The molecule has 0 bridgehead atoms.